The predicted octanol–water partition coefficient (Wildman–Crippen LogP) is 1.67. The molecule has 0 aromatic heterocycles. The average Bonchev–Trinajstić information content (AvgIpc) is 2.72. The zero-order valence-electron chi connectivity index (χ0n) is 14.1. The van der Waals surface area contributed by atoms with Gasteiger partial charge < -0.3 is 14.8 Å². The summed E-state index contributed by atoms with van der Waals surface area (Å²) in [7, 11) is 1.48. The highest BCUT2D eigenvalue weighted by molar-refractivity contribution is 6.08. The number of rotatable bonds is 6. The van der Waals surface area contributed by atoms with E-state index in [1.54, 1.807) is 31.2 Å². The van der Waals surface area contributed by atoms with E-state index in [-0.39, 0.29) is 12.4 Å². The van der Waals surface area contributed by atoms with Gasteiger partial charge in [0.2, 0.25) is 0 Å². The molecular weight excluding hydrogens is 350 g/mol. The monoisotopic (exact) mass is 369 g/mol. The van der Waals surface area contributed by atoms with Gasteiger partial charge >= 0.3 is 12.0 Å². The Hall–Kier alpha value is -2.61. The van der Waals surface area contributed by atoms with Crippen LogP contribution in [0.15, 0.2) is 29.4 Å². The van der Waals surface area contributed by atoms with E-state index in [9.17, 15) is 14.4 Å². The summed E-state index contributed by atoms with van der Waals surface area (Å²) in [5.74, 6) is -1.80. The maximum atomic E-state index is 12.6. The highest BCUT2D eigenvalue weighted by Crippen LogP contribution is 2.35. The molecule has 136 valence electrons. The number of benzene rings is 1. The van der Waals surface area contributed by atoms with Crippen LogP contribution in [0.3, 0.4) is 0 Å². The summed E-state index contributed by atoms with van der Waals surface area (Å²) in [6.07, 6.45) is 1.54. The summed E-state index contributed by atoms with van der Waals surface area (Å²) in [5.41, 5.74) is 0.115. The summed E-state index contributed by atoms with van der Waals surface area (Å²) < 4.78 is 0. The fourth-order valence-electron chi connectivity index (χ4n) is 2.52. The standard InChI is InChI=1S/C16H19N3O5.ClH/c1-4-24-17-9-11-5-7-12(8-6-11)16(2)14(22)19(10-13(20)21)15(23)18(16)3;/h5-9H,4,10H2,1-3H3,(H,20,21);1H/t16-;/m0./s1. The number of nitrogens with zero attached hydrogens (tertiary/aromatic N) is 3. The Morgan fingerprint density at radius 3 is 2.44 bits per heavy atom. The van der Waals surface area contributed by atoms with Crippen LogP contribution in [0.2, 0.25) is 0 Å². The van der Waals surface area contributed by atoms with Gasteiger partial charge in [-0.3, -0.25) is 14.5 Å². The van der Waals surface area contributed by atoms with Crippen molar-refractivity contribution in [3.8, 4) is 0 Å². The van der Waals surface area contributed by atoms with Crippen LogP contribution < -0.4 is 0 Å². The summed E-state index contributed by atoms with van der Waals surface area (Å²) in [5, 5.41) is 12.6. The molecule has 1 atom stereocenters. The topological polar surface area (TPSA) is 99.5 Å². The Balaban J connectivity index is 0.00000312. The Kier molecular flexibility index (Phi) is 6.52. The van der Waals surface area contributed by atoms with Crippen LogP contribution in [0.25, 0.3) is 0 Å². The number of aliphatic carboxylic acids is 1. The first-order chi connectivity index (χ1) is 11.3. The second-order valence-corrected chi connectivity index (χ2v) is 5.47. The van der Waals surface area contributed by atoms with Crippen molar-refractivity contribution in [3.63, 3.8) is 0 Å². The zero-order valence-corrected chi connectivity index (χ0v) is 14.9. The van der Waals surface area contributed by atoms with Crippen LogP contribution in [-0.4, -0.2) is 59.2 Å². The van der Waals surface area contributed by atoms with Crippen molar-refractivity contribution in [2.75, 3.05) is 20.2 Å². The van der Waals surface area contributed by atoms with Crippen LogP contribution in [0.1, 0.15) is 25.0 Å². The van der Waals surface area contributed by atoms with E-state index in [1.807, 2.05) is 6.92 Å². The number of imide groups is 1. The third kappa shape index (κ3) is 3.74. The van der Waals surface area contributed by atoms with Crippen LogP contribution in [0, 0.1) is 0 Å². The molecule has 1 aromatic rings. The molecule has 1 fully saturated rings. The van der Waals surface area contributed by atoms with E-state index in [1.165, 1.54) is 18.2 Å². The number of hydrogen-bond acceptors (Lipinski definition) is 5. The molecule has 25 heavy (non-hydrogen) atoms. The molecule has 1 aliphatic rings. The summed E-state index contributed by atoms with van der Waals surface area (Å²) in [6.45, 7) is 3.23. The van der Waals surface area contributed by atoms with Crippen molar-refractivity contribution in [2.45, 2.75) is 19.4 Å². The molecule has 0 saturated carbocycles. The number of amides is 3. The summed E-state index contributed by atoms with van der Waals surface area (Å²) in [4.78, 5) is 42.6. The Morgan fingerprint density at radius 2 is 1.92 bits per heavy atom. The highest BCUT2D eigenvalue weighted by Gasteiger charge is 2.53. The van der Waals surface area contributed by atoms with E-state index in [0.29, 0.717) is 12.2 Å². The number of carbonyl (C=O) groups excluding carboxylic acids is 2. The molecule has 1 N–H and O–H groups in total. The minimum absolute atomic E-state index is 0. The number of likely N-dealkylation sites (N-methyl/N-ethyl adjacent to an activating group) is 1. The largest absolute Gasteiger partial charge is 0.480 e. The molecule has 1 aromatic carbocycles. The number of halogens is 1. The first-order valence-corrected chi connectivity index (χ1v) is 7.39. The molecule has 1 saturated heterocycles. The number of urea groups is 1. The van der Waals surface area contributed by atoms with Crippen molar-refractivity contribution >= 4 is 36.5 Å². The van der Waals surface area contributed by atoms with E-state index in [2.05, 4.69) is 5.16 Å². The lowest BCUT2D eigenvalue weighted by Gasteiger charge is -2.29. The molecule has 0 aliphatic carbocycles. The van der Waals surface area contributed by atoms with E-state index >= 15 is 0 Å². The van der Waals surface area contributed by atoms with Gasteiger partial charge in [0.25, 0.3) is 5.91 Å². The maximum absolute atomic E-state index is 12.6. The molecule has 0 bridgehead atoms. The van der Waals surface area contributed by atoms with Gasteiger partial charge in [-0.05, 0) is 25.0 Å². The van der Waals surface area contributed by atoms with E-state index in [4.69, 9.17) is 9.94 Å². The van der Waals surface area contributed by atoms with Gasteiger partial charge in [0.05, 0.1) is 6.21 Å². The molecule has 0 unspecified atom stereocenters. The number of carbonyl (C=O) groups is 3. The van der Waals surface area contributed by atoms with Gasteiger partial charge in [-0.15, -0.1) is 12.4 Å². The lowest BCUT2D eigenvalue weighted by molar-refractivity contribution is -0.143. The number of oxime groups is 1. The van der Waals surface area contributed by atoms with Crippen molar-refractivity contribution in [1.82, 2.24) is 9.80 Å². The minimum atomic E-state index is -1.25. The normalized spacial score (nSPS) is 20.1. The van der Waals surface area contributed by atoms with Crippen molar-refractivity contribution < 1.29 is 24.3 Å². The van der Waals surface area contributed by atoms with Crippen LogP contribution in [0.4, 0.5) is 4.79 Å². The fourth-order valence-corrected chi connectivity index (χ4v) is 2.52. The molecule has 2 rings (SSSR count). The van der Waals surface area contributed by atoms with Crippen LogP contribution in [-0.2, 0) is 20.0 Å². The van der Waals surface area contributed by atoms with Gasteiger partial charge in [0.1, 0.15) is 18.7 Å². The van der Waals surface area contributed by atoms with Crippen LogP contribution >= 0.6 is 12.4 Å². The molecular formula is C16H20ClN3O5. The molecule has 1 aliphatic heterocycles. The summed E-state index contributed by atoms with van der Waals surface area (Å²) in [6, 6.07) is 6.27. The smallest absolute Gasteiger partial charge is 0.328 e. The molecule has 0 spiro atoms. The first-order valence-electron chi connectivity index (χ1n) is 7.39. The van der Waals surface area contributed by atoms with Gasteiger partial charge in [0, 0.05) is 7.05 Å². The van der Waals surface area contributed by atoms with E-state index in [0.717, 1.165) is 10.5 Å². The maximum Gasteiger partial charge on any atom is 0.328 e. The second kappa shape index (κ2) is 7.98. The minimum Gasteiger partial charge on any atom is -0.480 e. The van der Waals surface area contributed by atoms with Crippen molar-refractivity contribution in [3.05, 3.63) is 35.4 Å². The van der Waals surface area contributed by atoms with Gasteiger partial charge in [-0.1, -0.05) is 29.4 Å². The van der Waals surface area contributed by atoms with Crippen LogP contribution in [0.5, 0.6) is 0 Å². The number of carboxylic acid groups (broad SMARTS) is 1. The third-order valence-corrected chi connectivity index (χ3v) is 4.02. The molecule has 8 nitrogen and oxygen atoms in total. The molecule has 3 amide bonds. The van der Waals surface area contributed by atoms with Crippen molar-refractivity contribution in [1.29, 1.82) is 0 Å². The fraction of sp³-hybridized carbons (Fsp3) is 0.375. The SMILES string of the molecule is CCON=Cc1ccc([C@@]2(C)C(=O)N(CC(=O)O)C(=O)N2C)cc1.Cl. The molecule has 9 heteroatoms. The highest BCUT2D eigenvalue weighted by atomic mass is 35.5. The lowest BCUT2D eigenvalue weighted by atomic mass is 9.90. The summed E-state index contributed by atoms with van der Waals surface area (Å²) >= 11 is 0. The first kappa shape index (κ1) is 20.4. The quantitative estimate of drug-likeness (QED) is 0.467. The van der Waals surface area contributed by atoms with Gasteiger partial charge in [-0.2, -0.15) is 0 Å². The molecule has 0 radical (unpaired) electrons. The zero-order chi connectivity index (χ0) is 17.9. The lowest BCUT2D eigenvalue weighted by Crippen LogP contribution is -2.42. The third-order valence-electron chi connectivity index (χ3n) is 4.02. The van der Waals surface area contributed by atoms with E-state index < -0.39 is 30.0 Å². The van der Waals surface area contributed by atoms with Crippen molar-refractivity contribution in [2.24, 2.45) is 5.16 Å². The van der Waals surface area contributed by atoms with Gasteiger partial charge in [0.15, 0.2) is 0 Å². The predicted molar refractivity (Wildman–Crippen MR) is 92.8 cm³/mol. The second-order valence-electron chi connectivity index (χ2n) is 5.47. The average molecular weight is 370 g/mol. The Morgan fingerprint density at radius 1 is 1.32 bits per heavy atom. The number of hydrogen-bond donors (Lipinski definition) is 1. The Labute approximate surface area is 151 Å². The number of carboxylic acids is 1. The Bertz CT molecular complexity index is 692. The molecule has 1 heterocycles. The van der Waals surface area contributed by atoms with Gasteiger partial charge in [-0.25, -0.2) is 4.79 Å².